The van der Waals surface area contributed by atoms with E-state index in [-0.39, 0.29) is 6.04 Å². The van der Waals surface area contributed by atoms with Gasteiger partial charge in [-0.2, -0.15) is 0 Å². The fourth-order valence-electron chi connectivity index (χ4n) is 2.05. The third-order valence-corrected chi connectivity index (χ3v) is 4.23. The van der Waals surface area contributed by atoms with E-state index in [1.807, 2.05) is 30.3 Å². The maximum Gasteiger partial charge on any atom is 0.118 e. The molecule has 0 aliphatic heterocycles. The van der Waals surface area contributed by atoms with Gasteiger partial charge in [0, 0.05) is 4.47 Å². The smallest absolute Gasteiger partial charge is 0.118 e. The molecule has 0 bridgehead atoms. The third-order valence-electron chi connectivity index (χ3n) is 3.15. The Balaban J connectivity index is 2.40. The highest BCUT2D eigenvalue weighted by Gasteiger charge is 2.16. The number of hydrazine groups is 1. The van der Waals surface area contributed by atoms with Crippen LogP contribution in [0.15, 0.2) is 46.9 Å². The molecule has 1 atom stereocenters. The fourth-order valence-corrected chi connectivity index (χ4v) is 2.55. The van der Waals surface area contributed by atoms with E-state index in [0.29, 0.717) is 0 Å². The van der Waals surface area contributed by atoms with Gasteiger partial charge in [-0.15, -0.1) is 0 Å². The van der Waals surface area contributed by atoms with Gasteiger partial charge in [-0.3, -0.25) is 5.84 Å². The van der Waals surface area contributed by atoms with Crippen molar-refractivity contribution in [3.05, 3.63) is 63.6 Å². The first kappa shape index (κ1) is 14.1. The van der Waals surface area contributed by atoms with Crippen LogP contribution in [-0.4, -0.2) is 7.11 Å². The first-order valence-corrected chi connectivity index (χ1v) is 6.81. The van der Waals surface area contributed by atoms with Crippen LogP contribution in [0.25, 0.3) is 0 Å². The van der Waals surface area contributed by atoms with Crippen LogP contribution in [0.3, 0.4) is 0 Å². The molecule has 0 aliphatic rings. The molecule has 0 heterocycles. The maximum absolute atomic E-state index is 5.72. The lowest BCUT2D eigenvalue weighted by atomic mass is 9.98. The molecule has 4 heteroatoms. The Labute approximate surface area is 121 Å². The van der Waals surface area contributed by atoms with Crippen LogP contribution in [0.2, 0.25) is 0 Å². The molecule has 0 saturated carbocycles. The average Bonchev–Trinajstić information content (AvgIpc) is 2.45. The average molecular weight is 321 g/mol. The van der Waals surface area contributed by atoms with Crippen molar-refractivity contribution < 1.29 is 4.74 Å². The van der Waals surface area contributed by atoms with Crippen LogP contribution in [0.4, 0.5) is 0 Å². The molecule has 3 N–H and O–H groups in total. The van der Waals surface area contributed by atoms with E-state index < -0.39 is 0 Å². The number of ether oxygens (including phenoxy) is 1. The Hall–Kier alpha value is -1.36. The molecule has 19 heavy (non-hydrogen) atoms. The molecule has 0 saturated heterocycles. The van der Waals surface area contributed by atoms with Gasteiger partial charge in [-0.05, 0) is 35.7 Å². The van der Waals surface area contributed by atoms with Crippen molar-refractivity contribution in [2.75, 3.05) is 7.11 Å². The number of halogens is 1. The van der Waals surface area contributed by atoms with E-state index >= 15 is 0 Å². The third kappa shape index (κ3) is 2.97. The van der Waals surface area contributed by atoms with Crippen LogP contribution in [-0.2, 0) is 0 Å². The Bertz CT molecular complexity index is 555. The SMILES string of the molecule is COc1ccc(C(NN)c2cccc(C)c2Br)cc1. The molecule has 2 rings (SSSR count). The molecule has 0 fully saturated rings. The number of aryl methyl sites for hydroxylation is 1. The summed E-state index contributed by atoms with van der Waals surface area (Å²) in [5.41, 5.74) is 6.27. The topological polar surface area (TPSA) is 47.3 Å². The van der Waals surface area contributed by atoms with E-state index in [1.165, 1.54) is 5.56 Å². The van der Waals surface area contributed by atoms with Gasteiger partial charge >= 0.3 is 0 Å². The summed E-state index contributed by atoms with van der Waals surface area (Å²) >= 11 is 3.63. The fraction of sp³-hybridized carbons (Fsp3) is 0.200. The first-order valence-electron chi connectivity index (χ1n) is 6.02. The van der Waals surface area contributed by atoms with E-state index in [0.717, 1.165) is 21.3 Å². The normalized spacial score (nSPS) is 12.2. The number of nitrogens with one attached hydrogen (secondary N) is 1. The minimum Gasteiger partial charge on any atom is -0.497 e. The largest absolute Gasteiger partial charge is 0.497 e. The second-order valence-corrected chi connectivity index (χ2v) is 5.14. The van der Waals surface area contributed by atoms with Crippen molar-refractivity contribution in [2.24, 2.45) is 5.84 Å². The number of benzene rings is 2. The Morgan fingerprint density at radius 1 is 1.16 bits per heavy atom. The lowest BCUT2D eigenvalue weighted by Gasteiger charge is -2.19. The Kier molecular flexibility index (Phi) is 4.58. The second kappa shape index (κ2) is 6.19. The quantitative estimate of drug-likeness (QED) is 0.671. The predicted molar refractivity (Wildman–Crippen MR) is 81.0 cm³/mol. The van der Waals surface area contributed by atoms with E-state index in [9.17, 15) is 0 Å². The summed E-state index contributed by atoms with van der Waals surface area (Å²) in [5, 5.41) is 0. The highest BCUT2D eigenvalue weighted by Crippen LogP contribution is 2.31. The summed E-state index contributed by atoms with van der Waals surface area (Å²) in [4.78, 5) is 0. The van der Waals surface area contributed by atoms with Gasteiger partial charge < -0.3 is 4.74 Å². The predicted octanol–water partition coefficient (Wildman–Crippen LogP) is 3.32. The molecule has 100 valence electrons. The summed E-state index contributed by atoms with van der Waals surface area (Å²) in [6.07, 6.45) is 0. The summed E-state index contributed by atoms with van der Waals surface area (Å²) in [6.45, 7) is 2.06. The number of hydrogen-bond donors (Lipinski definition) is 2. The lowest BCUT2D eigenvalue weighted by molar-refractivity contribution is 0.414. The Morgan fingerprint density at radius 3 is 2.42 bits per heavy atom. The van der Waals surface area contributed by atoms with Gasteiger partial charge in [0.1, 0.15) is 5.75 Å². The minimum atomic E-state index is -0.0554. The molecular formula is C15H17BrN2O. The monoisotopic (exact) mass is 320 g/mol. The van der Waals surface area contributed by atoms with Crippen LogP contribution < -0.4 is 16.0 Å². The van der Waals surface area contributed by atoms with Crippen molar-refractivity contribution in [1.29, 1.82) is 0 Å². The zero-order valence-electron chi connectivity index (χ0n) is 11.0. The summed E-state index contributed by atoms with van der Waals surface area (Å²) < 4.78 is 6.25. The number of rotatable bonds is 4. The Morgan fingerprint density at radius 2 is 1.84 bits per heavy atom. The van der Waals surface area contributed by atoms with Gasteiger partial charge in [0.25, 0.3) is 0 Å². The molecule has 2 aromatic rings. The van der Waals surface area contributed by atoms with Gasteiger partial charge in [0.2, 0.25) is 0 Å². The molecule has 0 aliphatic carbocycles. The van der Waals surface area contributed by atoms with E-state index in [1.54, 1.807) is 7.11 Å². The highest BCUT2D eigenvalue weighted by atomic mass is 79.9. The maximum atomic E-state index is 5.72. The van der Waals surface area contributed by atoms with E-state index in [2.05, 4.69) is 40.4 Å². The molecule has 3 nitrogen and oxygen atoms in total. The van der Waals surface area contributed by atoms with E-state index in [4.69, 9.17) is 10.6 Å². The first-order chi connectivity index (χ1) is 9.17. The standard InChI is InChI=1S/C15H17BrN2O/c1-10-4-3-5-13(14(10)16)15(18-17)11-6-8-12(19-2)9-7-11/h3-9,15,18H,17H2,1-2H3. The zero-order chi connectivity index (χ0) is 13.8. The van der Waals surface area contributed by atoms with Crippen molar-refractivity contribution in [2.45, 2.75) is 13.0 Å². The van der Waals surface area contributed by atoms with Crippen molar-refractivity contribution in [1.82, 2.24) is 5.43 Å². The van der Waals surface area contributed by atoms with Crippen molar-refractivity contribution >= 4 is 15.9 Å². The molecule has 0 aromatic heterocycles. The molecule has 0 radical (unpaired) electrons. The molecule has 0 amide bonds. The second-order valence-electron chi connectivity index (χ2n) is 4.35. The number of methoxy groups -OCH3 is 1. The molecule has 0 spiro atoms. The van der Waals surface area contributed by atoms with Gasteiger partial charge in [-0.25, -0.2) is 5.43 Å². The summed E-state index contributed by atoms with van der Waals surface area (Å²) in [6, 6.07) is 14.0. The lowest BCUT2D eigenvalue weighted by Crippen LogP contribution is -2.29. The van der Waals surface area contributed by atoms with Gasteiger partial charge in [0.05, 0.1) is 13.2 Å². The number of nitrogens with two attached hydrogens (primary N) is 1. The highest BCUT2D eigenvalue weighted by molar-refractivity contribution is 9.10. The van der Waals surface area contributed by atoms with Crippen LogP contribution in [0.5, 0.6) is 5.75 Å². The van der Waals surface area contributed by atoms with Crippen molar-refractivity contribution in [3.8, 4) is 5.75 Å². The summed E-state index contributed by atoms with van der Waals surface area (Å²) in [5.74, 6) is 6.56. The minimum absolute atomic E-state index is 0.0554. The molecule has 2 aromatic carbocycles. The van der Waals surface area contributed by atoms with Gasteiger partial charge in [0.15, 0.2) is 0 Å². The molecule has 1 unspecified atom stereocenters. The zero-order valence-corrected chi connectivity index (χ0v) is 12.6. The van der Waals surface area contributed by atoms with Crippen molar-refractivity contribution in [3.63, 3.8) is 0 Å². The van der Waals surface area contributed by atoms with Crippen LogP contribution in [0, 0.1) is 6.92 Å². The van der Waals surface area contributed by atoms with Gasteiger partial charge in [-0.1, -0.05) is 46.3 Å². The van der Waals surface area contributed by atoms with Crippen LogP contribution >= 0.6 is 15.9 Å². The summed E-state index contributed by atoms with van der Waals surface area (Å²) in [7, 11) is 1.66. The molecular weight excluding hydrogens is 304 g/mol. The number of hydrogen-bond acceptors (Lipinski definition) is 3. The van der Waals surface area contributed by atoms with Crippen LogP contribution in [0.1, 0.15) is 22.7 Å².